The van der Waals surface area contributed by atoms with Gasteiger partial charge in [0.25, 0.3) is 5.91 Å². The molecule has 2 heterocycles. The largest absolute Gasteiger partial charge is 0.336 e. The van der Waals surface area contributed by atoms with Gasteiger partial charge in [-0.1, -0.05) is 0 Å². The minimum Gasteiger partial charge on any atom is -0.336 e. The monoisotopic (exact) mass is 210 g/mol. The van der Waals surface area contributed by atoms with Crippen LogP contribution in [0.15, 0.2) is 5.10 Å². The molecule has 0 aromatic rings. The fraction of sp³-hybridized carbons (Fsp3) is 0.667. The predicted octanol–water partition coefficient (Wildman–Crippen LogP) is -1.19. The summed E-state index contributed by atoms with van der Waals surface area (Å²) in [5.74, 6) is -0.229. The van der Waals surface area contributed by atoms with Crippen molar-refractivity contribution in [3.05, 3.63) is 0 Å². The zero-order chi connectivity index (χ0) is 10.8. The van der Waals surface area contributed by atoms with E-state index in [-0.39, 0.29) is 17.9 Å². The van der Waals surface area contributed by atoms with Crippen molar-refractivity contribution in [2.45, 2.75) is 25.3 Å². The molecule has 82 valence electrons. The SMILES string of the molecule is N[C@H]1CCN(C(=O)C2=NNC(=O)CC2)C1. The summed E-state index contributed by atoms with van der Waals surface area (Å²) in [6.45, 7) is 1.28. The first kappa shape index (κ1) is 10.1. The maximum absolute atomic E-state index is 11.8. The second kappa shape index (κ2) is 3.98. The van der Waals surface area contributed by atoms with Crippen LogP contribution < -0.4 is 11.2 Å². The molecule has 2 amide bonds. The van der Waals surface area contributed by atoms with Gasteiger partial charge in [0.2, 0.25) is 5.91 Å². The topological polar surface area (TPSA) is 87.8 Å². The first-order valence-corrected chi connectivity index (χ1v) is 5.07. The summed E-state index contributed by atoms with van der Waals surface area (Å²) in [5.41, 5.74) is 8.46. The van der Waals surface area contributed by atoms with E-state index in [1.54, 1.807) is 4.90 Å². The van der Waals surface area contributed by atoms with Crippen LogP contribution in [0.1, 0.15) is 19.3 Å². The van der Waals surface area contributed by atoms with E-state index in [9.17, 15) is 9.59 Å². The maximum atomic E-state index is 11.8. The molecule has 0 aromatic heterocycles. The number of rotatable bonds is 1. The Morgan fingerprint density at radius 2 is 2.33 bits per heavy atom. The van der Waals surface area contributed by atoms with Crippen molar-refractivity contribution in [2.75, 3.05) is 13.1 Å². The van der Waals surface area contributed by atoms with Gasteiger partial charge in [-0.2, -0.15) is 5.10 Å². The van der Waals surface area contributed by atoms with Crippen molar-refractivity contribution in [1.29, 1.82) is 0 Å². The van der Waals surface area contributed by atoms with Gasteiger partial charge in [-0.15, -0.1) is 0 Å². The van der Waals surface area contributed by atoms with Gasteiger partial charge in [0, 0.05) is 32.0 Å². The van der Waals surface area contributed by atoms with Crippen molar-refractivity contribution in [3.63, 3.8) is 0 Å². The molecule has 1 atom stereocenters. The molecule has 0 spiro atoms. The summed E-state index contributed by atoms with van der Waals surface area (Å²) in [6.07, 6.45) is 1.60. The number of hydrogen-bond acceptors (Lipinski definition) is 4. The van der Waals surface area contributed by atoms with E-state index < -0.39 is 0 Å². The maximum Gasteiger partial charge on any atom is 0.270 e. The smallest absolute Gasteiger partial charge is 0.270 e. The van der Waals surface area contributed by atoms with Crippen molar-refractivity contribution in [3.8, 4) is 0 Å². The molecule has 1 saturated heterocycles. The molecule has 1 fully saturated rings. The van der Waals surface area contributed by atoms with Crippen LogP contribution in [0.5, 0.6) is 0 Å². The minimum absolute atomic E-state index is 0.0766. The average Bonchev–Trinajstić information content (AvgIpc) is 2.65. The molecule has 0 unspecified atom stereocenters. The third-order valence-electron chi connectivity index (χ3n) is 2.66. The Morgan fingerprint density at radius 3 is 2.87 bits per heavy atom. The van der Waals surface area contributed by atoms with Gasteiger partial charge in [-0.3, -0.25) is 9.59 Å². The molecule has 0 aromatic carbocycles. The van der Waals surface area contributed by atoms with Crippen molar-refractivity contribution in [1.82, 2.24) is 10.3 Å². The first-order chi connectivity index (χ1) is 7.16. The molecule has 6 nitrogen and oxygen atoms in total. The molecular formula is C9H14N4O2. The molecule has 0 bridgehead atoms. The number of nitrogens with one attached hydrogen (secondary N) is 1. The second-order valence-corrected chi connectivity index (χ2v) is 3.89. The minimum atomic E-state index is -0.135. The lowest BCUT2D eigenvalue weighted by atomic mass is 10.1. The van der Waals surface area contributed by atoms with E-state index >= 15 is 0 Å². The number of amides is 2. The van der Waals surface area contributed by atoms with Gasteiger partial charge < -0.3 is 10.6 Å². The Hall–Kier alpha value is -1.43. The molecule has 2 aliphatic rings. The summed E-state index contributed by atoms with van der Waals surface area (Å²) in [6, 6.07) is 0.0766. The number of nitrogens with zero attached hydrogens (tertiary/aromatic N) is 2. The van der Waals surface area contributed by atoms with Crippen LogP contribution in [0.3, 0.4) is 0 Å². The van der Waals surface area contributed by atoms with E-state index in [1.807, 2.05) is 0 Å². The molecule has 15 heavy (non-hydrogen) atoms. The molecule has 0 aliphatic carbocycles. The number of likely N-dealkylation sites (tertiary alicyclic amines) is 1. The average molecular weight is 210 g/mol. The van der Waals surface area contributed by atoms with E-state index in [0.717, 1.165) is 6.42 Å². The van der Waals surface area contributed by atoms with Crippen LogP contribution in [-0.2, 0) is 9.59 Å². The highest BCUT2D eigenvalue weighted by Gasteiger charge is 2.28. The Bertz CT molecular complexity index is 326. The highest BCUT2D eigenvalue weighted by atomic mass is 16.2. The molecule has 0 saturated carbocycles. The number of hydrazone groups is 1. The zero-order valence-corrected chi connectivity index (χ0v) is 8.40. The summed E-state index contributed by atoms with van der Waals surface area (Å²) in [7, 11) is 0. The van der Waals surface area contributed by atoms with Gasteiger partial charge in [-0.25, -0.2) is 5.43 Å². The van der Waals surface area contributed by atoms with Crippen LogP contribution in [0.25, 0.3) is 0 Å². The number of hydrogen-bond donors (Lipinski definition) is 2. The predicted molar refractivity (Wildman–Crippen MR) is 54.0 cm³/mol. The van der Waals surface area contributed by atoms with Crippen LogP contribution in [0, 0.1) is 0 Å². The van der Waals surface area contributed by atoms with E-state index in [1.165, 1.54) is 0 Å². The third kappa shape index (κ3) is 2.15. The lowest BCUT2D eigenvalue weighted by Gasteiger charge is -2.18. The van der Waals surface area contributed by atoms with E-state index in [0.29, 0.717) is 31.6 Å². The van der Waals surface area contributed by atoms with Gasteiger partial charge in [-0.05, 0) is 6.42 Å². The van der Waals surface area contributed by atoms with Gasteiger partial charge in [0.15, 0.2) is 0 Å². The van der Waals surface area contributed by atoms with Crippen LogP contribution >= 0.6 is 0 Å². The number of nitrogens with two attached hydrogens (primary N) is 1. The quantitative estimate of drug-likeness (QED) is 0.570. The summed E-state index contributed by atoms with van der Waals surface area (Å²) in [4.78, 5) is 24.4. The van der Waals surface area contributed by atoms with Gasteiger partial charge in [0.1, 0.15) is 5.71 Å². The Balaban J connectivity index is 1.99. The fourth-order valence-corrected chi connectivity index (χ4v) is 1.78. The van der Waals surface area contributed by atoms with Crippen molar-refractivity contribution >= 4 is 17.5 Å². The molecule has 2 aliphatic heterocycles. The van der Waals surface area contributed by atoms with Crippen LogP contribution in [-0.4, -0.2) is 41.6 Å². The Morgan fingerprint density at radius 1 is 1.53 bits per heavy atom. The highest BCUT2D eigenvalue weighted by Crippen LogP contribution is 2.10. The van der Waals surface area contributed by atoms with Gasteiger partial charge in [0.05, 0.1) is 0 Å². The molecular weight excluding hydrogens is 196 g/mol. The van der Waals surface area contributed by atoms with Gasteiger partial charge >= 0.3 is 0 Å². The lowest BCUT2D eigenvalue weighted by Crippen LogP contribution is -2.40. The molecule has 6 heteroatoms. The van der Waals surface area contributed by atoms with E-state index in [4.69, 9.17) is 5.73 Å². The second-order valence-electron chi connectivity index (χ2n) is 3.89. The zero-order valence-electron chi connectivity index (χ0n) is 8.40. The molecule has 2 rings (SSSR count). The van der Waals surface area contributed by atoms with Crippen molar-refractivity contribution < 1.29 is 9.59 Å². The highest BCUT2D eigenvalue weighted by molar-refractivity contribution is 6.39. The third-order valence-corrected chi connectivity index (χ3v) is 2.66. The molecule has 0 radical (unpaired) electrons. The number of carbonyl (C=O) groups is 2. The van der Waals surface area contributed by atoms with Crippen LogP contribution in [0.4, 0.5) is 0 Å². The molecule has 3 N–H and O–H groups in total. The summed E-state index contributed by atoms with van der Waals surface area (Å²) >= 11 is 0. The summed E-state index contributed by atoms with van der Waals surface area (Å²) < 4.78 is 0. The van der Waals surface area contributed by atoms with Crippen LogP contribution in [0.2, 0.25) is 0 Å². The lowest BCUT2D eigenvalue weighted by molar-refractivity contribution is -0.123. The Labute approximate surface area is 87.5 Å². The van der Waals surface area contributed by atoms with Crippen molar-refractivity contribution in [2.24, 2.45) is 10.8 Å². The standard InChI is InChI=1S/C9H14N4O2/c10-6-3-4-13(5-6)9(15)7-1-2-8(14)12-11-7/h6H,1-5,10H2,(H,12,14)/t6-/m0/s1. The normalized spacial score (nSPS) is 26.2. The Kier molecular flexibility index (Phi) is 2.68. The van der Waals surface area contributed by atoms with E-state index in [2.05, 4.69) is 10.5 Å². The first-order valence-electron chi connectivity index (χ1n) is 5.07. The summed E-state index contributed by atoms with van der Waals surface area (Å²) in [5, 5.41) is 3.77. The fourth-order valence-electron chi connectivity index (χ4n) is 1.78. The number of carbonyl (C=O) groups excluding carboxylic acids is 2.